The van der Waals surface area contributed by atoms with Crippen LogP contribution in [-0.4, -0.2) is 19.2 Å². The van der Waals surface area contributed by atoms with Gasteiger partial charge in [-0.25, -0.2) is 5.43 Å². The highest BCUT2D eigenvalue weighted by molar-refractivity contribution is 9.10. The largest absolute Gasteiger partial charge is 0.493 e. The number of methoxy groups -OCH3 is 1. The molecule has 1 heterocycles. The van der Waals surface area contributed by atoms with Crippen molar-refractivity contribution in [3.8, 4) is 11.5 Å². The van der Waals surface area contributed by atoms with E-state index in [9.17, 15) is 4.79 Å². The number of halogens is 3. The summed E-state index contributed by atoms with van der Waals surface area (Å²) in [6.07, 6.45) is 1.49. The SMILES string of the molecule is COc1cc(/C=N\NC(=O)c2cc3cc(Cl)ccc3o2)cc(Br)c1OCc1ccccc1Cl. The zero-order valence-corrected chi connectivity index (χ0v) is 20.4. The fourth-order valence-corrected chi connectivity index (χ4v) is 4.01. The molecule has 33 heavy (non-hydrogen) atoms. The van der Waals surface area contributed by atoms with Gasteiger partial charge in [-0.1, -0.05) is 41.4 Å². The quantitative estimate of drug-likeness (QED) is 0.203. The highest BCUT2D eigenvalue weighted by Crippen LogP contribution is 2.37. The molecular weight excluding hydrogens is 531 g/mol. The van der Waals surface area contributed by atoms with Gasteiger partial charge in [0.2, 0.25) is 0 Å². The standard InChI is InChI=1S/C24H17BrCl2N2O4/c1-31-21-9-14(8-18(25)23(21)32-13-15-4-2-3-5-19(15)27)12-28-29-24(30)22-11-16-10-17(26)6-7-20(16)33-22/h2-12H,13H2,1H3,(H,29,30)/b28-12-. The van der Waals surface area contributed by atoms with Crippen molar-refractivity contribution in [3.63, 3.8) is 0 Å². The van der Waals surface area contributed by atoms with Gasteiger partial charge < -0.3 is 13.9 Å². The minimum atomic E-state index is -0.482. The molecule has 0 aliphatic carbocycles. The smallest absolute Gasteiger partial charge is 0.307 e. The molecule has 0 unspecified atom stereocenters. The maximum absolute atomic E-state index is 12.4. The lowest BCUT2D eigenvalue weighted by atomic mass is 10.2. The van der Waals surface area contributed by atoms with Crippen LogP contribution in [0.15, 0.2) is 74.7 Å². The molecule has 0 aliphatic rings. The topological polar surface area (TPSA) is 73.1 Å². The van der Waals surface area contributed by atoms with Crippen LogP contribution in [0.4, 0.5) is 0 Å². The Morgan fingerprint density at radius 3 is 2.76 bits per heavy atom. The lowest BCUT2D eigenvalue weighted by molar-refractivity contribution is 0.0929. The fourth-order valence-electron chi connectivity index (χ4n) is 3.07. The number of hydrogen-bond acceptors (Lipinski definition) is 5. The molecule has 4 rings (SSSR count). The van der Waals surface area contributed by atoms with E-state index in [4.69, 9.17) is 37.1 Å². The van der Waals surface area contributed by atoms with Crippen molar-refractivity contribution in [2.75, 3.05) is 7.11 Å². The van der Waals surface area contributed by atoms with Crippen LogP contribution in [0.3, 0.4) is 0 Å². The van der Waals surface area contributed by atoms with Crippen molar-refractivity contribution in [2.45, 2.75) is 6.61 Å². The third kappa shape index (κ3) is 5.50. The second kappa shape index (κ2) is 10.3. The maximum Gasteiger partial charge on any atom is 0.307 e. The van der Waals surface area contributed by atoms with Crippen LogP contribution in [0, 0.1) is 0 Å². The van der Waals surface area contributed by atoms with E-state index in [0.717, 1.165) is 10.9 Å². The second-order valence-corrected chi connectivity index (χ2v) is 8.60. The molecule has 0 radical (unpaired) electrons. The number of benzene rings is 3. The molecule has 0 atom stereocenters. The fraction of sp³-hybridized carbons (Fsp3) is 0.0833. The van der Waals surface area contributed by atoms with Crippen LogP contribution >= 0.6 is 39.1 Å². The van der Waals surface area contributed by atoms with Crippen LogP contribution in [0.5, 0.6) is 11.5 Å². The average molecular weight is 548 g/mol. The van der Waals surface area contributed by atoms with E-state index in [2.05, 4.69) is 26.5 Å². The number of carbonyl (C=O) groups excluding carboxylic acids is 1. The monoisotopic (exact) mass is 546 g/mol. The first-order chi connectivity index (χ1) is 15.9. The Hall–Kier alpha value is -3.00. The number of nitrogens with zero attached hydrogens (tertiary/aromatic N) is 1. The average Bonchev–Trinajstić information content (AvgIpc) is 3.22. The molecule has 0 saturated carbocycles. The van der Waals surface area contributed by atoms with Gasteiger partial charge in [0.1, 0.15) is 12.2 Å². The molecule has 0 aliphatic heterocycles. The second-order valence-electron chi connectivity index (χ2n) is 6.91. The predicted octanol–water partition coefficient (Wildman–Crippen LogP) is 6.85. The summed E-state index contributed by atoms with van der Waals surface area (Å²) in [5.41, 5.74) is 4.55. The first-order valence-corrected chi connectivity index (χ1v) is 11.3. The zero-order valence-electron chi connectivity index (χ0n) is 17.3. The van der Waals surface area contributed by atoms with Gasteiger partial charge in [0.05, 0.1) is 17.8 Å². The van der Waals surface area contributed by atoms with Gasteiger partial charge in [0.25, 0.3) is 0 Å². The Bertz CT molecular complexity index is 1350. The molecule has 0 spiro atoms. The minimum Gasteiger partial charge on any atom is -0.493 e. The Balaban J connectivity index is 1.45. The highest BCUT2D eigenvalue weighted by atomic mass is 79.9. The summed E-state index contributed by atoms with van der Waals surface area (Å²) in [6.45, 7) is 0.279. The van der Waals surface area contributed by atoms with Crippen molar-refractivity contribution in [3.05, 3.63) is 92.1 Å². The number of amides is 1. The van der Waals surface area contributed by atoms with Gasteiger partial charge in [-0.05, 0) is 64.0 Å². The van der Waals surface area contributed by atoms with Gasteiger partial charge in [-0.2, -0.15) is 5.10 Å². The van der Waals surface area contributed by atoms with Crippen molar-refractivity contribution in [1.82, 2.24) is 5.43 Å². The van der Waals surface area contributed by atoms with Gasteiger partial charge >= 0.3 is 5.91 Å². The number of hydrazone groups is 1. The highest BCUT2D eigenvalue weighted by Gasteiger charge is 2.14. The van der Waals surface area contributed by atoms with Crippen LogP contribution in [0.2, 0.25) is 10.0 Å². The van der Waals surface area contributed by atoms with E-state index in [1.807, 2.05) is 18.2 Å². The number of hydrogen-bond donors (Lipinski definition) is 1. The van der Waals surface area contributed by atoms with E-state index in [0.29, 0.717) is 37.2 Å². The third-order valence-corrected chi connectivity index (χ3v) is 5.86. The first-order valence-electron chi connectivity index (χ1n) is 9.71. The Morgan fingerprint density at radius 1 is 1.15 bits per heavy atom. The van der Waals surface area contributed by atoms with Gasteiger partial charge in [-0.3, -0.25) is 4.79 Å². The first kappa shape index (κ1) is 23.2. The number of nitrogens with one attached hydrogen (secondary N) is 1. The molecule has 3 aromatic carbocycles. The summed E-state index contributed by atoms with van der Waals surface area (Å²) < 4.78 is 17.6. The maximum atomic E-state index is 12.4. The van der Waals surface area contributed by atoms with Crippen molar-refractivity contribution < 1.29 is 18.7 Å². The molecule has 4 aromatic rings. The van der Waals surface area contributed by atoms with E-state index in [-0.39, 0.29) is 12.4 Å². The zero-order chi connectivity index (χ0) is 23.4. The van der Waals surface area contributed by atoms with Gasteiger partial charge in [0.15, 0.2) is 17.3 Å². The number of furan rings is 1. The number of fused-ring (bicyclic) bond motifs is 1. The van der Waals surface area contributed by atoms with Crippen LogP contribution < -0.4 is 14.9 Å². The van der Waals surface area contributed by atoms with E-state index in [1.54, 1.807) is 49.6 Å². The summed E-state index contributed by atoms with van der Waals surface area (Å²) in [7, 11) is 1.54. The van der Waals surface area contributed by atoms with Gasteiger partial charge in [-0.15, -0.1) is 0 Å². The molecule has 168 valence electrons. The minimum absolute atomic E-state index is 0.131. The lowest BCUT2D eigenvalue weighted by Crippen LogP contribution is -2.16. The van der Waals surface area contributed by atoms with Crippen molar-refractivity contribution >= 4 is 62.2 Å². The normalized spacial score (nSPS) is 11.2. The number of rotatable bonds is 7. The van der Waals surface area contributed by atoms with Crippen LogP contribution in [-0.2, 0) is 6.61 Å². The predicted molar refractivity (Wildman–Crippen MR) is 133 cm³/mol. The Kier molecular flexibility index (Phi) is 7.23. The molecule has 1 N–H and O–H groups in total. The Morgan fingerprint density at radius 2 is 1.97 bits per heavy atom. The summed E-state index contributed by atoms with van der Waals surface area (Å²) in [5, 5.41) is 5.93. The summed E-state index contributed by atoms with van der Waals surface area (Å²) in [4.78, 5) is 12.4. The molecule has 9 heteroatoms. The molecular formula is C24H17BrCl2N2O4. The summed E-state index contributed by atoms with van der Waals surface area (Å²) in [6, 6.07) is 17.7. The van der Waals surface area contributed by atoms with Gasteiger partial charge in [0, 0.05) is 21.0 Å². The molecule has 1 aromatic heterocycles. The summed E-state index contributed by atoms with van der Waals surface area (Å²) >= 11 is 15.7. The van der Waals surface area contributed by atoms with Crippen molar-refractivity contribution in [1.29, 1.82) is 0 Å². The van der Waals surface area contributed by atoms with Crippen LogP contribution in [0.1, 0.15) is 21.7 Å². The molecule has 0 fully saturated rings. The van der Waals surface area contributed by atoms with Crippen molar-refractivity contribution in [2.24, 2.45) is 5.10 Å². The number of ether oxygens (including phenoxy) is 2. The third-order valence-electron chi connectivity index (χ3n) is 4.66. The lowest BCUT2D eigenvalue weighted by Gasteiger charge is -2.14. The molecule has 0 saturated heterocycles. The molecule has 1 amide bonds. The Labute approximate surface area is 208 Å². The van der Waals surface area contributed by atoms with E-state index in [1.165, 1.54) is 6.21 Å². The van der Waals surface area contributed by atoms with E-state index >= 15 is 0 Å². The number of carbonyl (C=O) groups is 1. The molecule has 0 bridgehead atoms. The van der Waals surface area contributed by atoms with E-state index < -0.39 is 5.91 Å². The summed E-state index contributed by atoms with van der Waals surface area (Å²) in [5.74, 6) is 0.675. The van der Waals surface area contributed by atoms with Crippen LogP contribution in [0.25, 0.3) is 11.0 Å². The molecule has 6 nitrogen and oxygen atoms in total.